The van der Waals surface area contributed by atoms with Crippen molar-refractivity contribution in [3.63, 3.8) is 0 Å². The number of imide groups is 2. The van der Waals surface area contributed by atoms with Crippen LogP contribution in [0.2, 0.25) is 0 Å². The van der Waals surface area contributed by atoms with Gasteiger partial charge in [-0.1, -0.05) is 42.5 Å². The van der Waals surface area contributed by atoms with Crippen LogP contribution in [0.4, 0.5) is 4.79 Å². The van der Waals surface area contributed by atoms with Crippen molar-refractivity contribution in [3.05, 3.63) is 53.0 Å². The van der Waals surface area contributed by atoms with Crippen molar-refractivity contribution in [1.29, 1.82) is 0 Å². The molecule has 4 amide bonds. The predicted octanol–water partition coefficient (Wildman–Crippen LogP) is 2.45. The zero-order chi connectivity index (χ0) is 18.0. The van der Waals surface area contributed by atoms with Gasteiger partial charge in [0.1, 0.15) is 0 Å². The topological polar surface area (TPSA) is 74.8 Å². The zero-order valence-electron chi connectivity index (χ0n) is 13.6. The highest BCUT2D eigenvalue weighted by Crippen LogP contribution is 2.53. The molecular formula is C19H14N2O4S. The van der Waals surface area contributed by atoms with Gasteiger partial charge in [-0.05, 0) is 41.7 Å². The van der Waals surface area contributed by atoms with Crippen LogP contribution >= 0.6 is 11.8 Å². The van der Waals surface area contributed by atoms with Gasteiger partial charge >= 0.3 is 5.24 Å². The number of thioether (sulfide) groups is 1. The maximum atomic E-state index is 12.8. The molecule has 4 unspecified atom stereocenters. The van der Waals surface area contributed by atoms with E-state index in [1.807, 2.05) is 42.5 Å². The Morgan fingerprint density at radius 1 is 0.885 bits per heavy atom. The second-order valence-electron chi connectivity index (χ2n) is 6.89. The molecule has 4 aliphatic rings. The largest absolute Gasteiger partial charge is 0.313 e. The van der Waals surface area contributed by atoms with Gasteiger partial charge in [0.15, 0.2) is 0 Å². The number of carbonyl (C=O) groups is 4. The first-order valence-electron chi connectivity index (χ1n) is 8.45. The van der Waals surface area contributed by atoms with E-state index in [4.69, 9.17) is 0 Å². The van der Waals surface area contributed by atoms with Gasteiger partial charge in [0.25, 0.3) is 17.7 Å². The highest BCUT2D eigenvalue weighted by atomic mass is 32.2. The molecule has 5 rings (SSSR count). The van der Waals surface area contributed by atoms with Gasteiger partial charge in [0.05, 0.1) is 16.7 Å². The smallest absolute Gasteiger partial charge is 0.272 e. The first-order valence-corrected chi connectivity index (χ1v) is 9.27. The summed E-state index contributed by atoms with van der Waals surface area (Å²) in [6, 6.07) is 9.13. The molecule has 3 fully saturated rings. The van der Waals surface area contributed by atoms with Crippen LogP contribution in [0.3, 0.4) is 0 Å². The minimum atomic E-state index is -0.620. The molecule has 1 saturated carbocycles. The summed E-state index contributed by atoms with van der Waals surface area (Å²) in [6.45, 7) is 0. The van der Waals surface area contributed by atoms with Crippen LogP contribution in [0.25, 0.3) is 6.08 Å². The lowest BCUT2D eigenvalue weighted by Crippen LogP contribution is -2.49. The molecule has 4 atom stereocenters. The Labute approximate surface area is 153 Å². The van der Waals surface area contributed by atoms with E-state index < -0.39 is 34.8 Å². The third kappa shape index (κ3) is 2.00. The van der Waals surface area contributed by atoms with E-state index in [1.54, 1.807) is 6.08 Å². The molecule has 7 heteroatoms. The number of hydrogen-bond donors (Lipinski definition) is 0. The number of rotatable bonds is 2. The van der Waals surface area contributed by atoms with E-state index in [-0.39, 0.29) is 16.7 Å². The van der Waals surface area contributed by atoms with Gasteiger partial charge in [0, 0.05) is 0 Å². The van der Waals surface area contributed by atoms with Crippen molar-refractivity contribution in [2.24, 2.45) is 23.7 Å². The van der Waals surface area contributed by atoms with Crippen LogP contribution in [-0.4, -0.2) is 33.0 Å². The Morgan fingerprint density at radius 2 is 1.50 bits per heavy atom. The standard InChI is InChI=1S/C19H14N2O4S/c22-16-13(8-10-4-2-1-3-5-10)26-19(25)21(16)20-17(23)14-11-6-7-12(9-11)15(14)18(20)24/h1-8,11-12,14-15H,9H2/b13-8+. The number of carbonyl (C=O) groups excluding carboxylic acids is 4. The fourth-order valence-electron chi connectivity index (χ4n) is 4.42. The lowest BCUT2D eigenvalue weighted by atomic mass is 9.85. The Bertz CT molecular complexity index is 893. The van der Waals surface area contributed by atoms with E-state index in [0.29, 0.717) is 0 Å². The minimum Gasteiger partial charge on any atom is -0.272 e. The van der Waals surface area contributed by atoms with Crippen molar-refractivity contribution in [2.45, 2.75) is 6.42 Å². The van der Waals surface area contributed by atoms with Crippen molar-refractivity contribution < 1.29 is 19.2 Å². The molecule has 1 aromatic carbocycles. The molecular weight excluding hydrogens is 352 g/mol. The molecule has 130 valence electrons. The quantitative estimate of drug-likeness (QED) is 0.457. The lowest BCUT2D eigenvalue weighted by molar-refractivity contribution is -0.160. The molecule has 2 aliphatic heterocycles. The first kappa shape index (κ1) is 15.6. The molecule has 1 aromatic rings. The monoisotopic (exact) mass is 366 g/mol. The van der Waals surface area contributed by atoms with Crippen LogP contribution in [0.5, 0.6) is 0 Å². The fraction of sp³-hybridized carbons (Fsp3) is 0.263. The summed E-state index contributed by atoms with van der Waals surface area (Å²) >= 11 is 0.750. The summed E-state index contributed by atoms with van der Waals surface area (Å²) in [5.74, 6) is -2.29. The third-order valence-electron chi connectivity index (χ3n) is 5.52. The number of hydrazine groups is 1. The maximum Gasteiger partial charge on any atom is 0.313 e. The number of nitrogens with zero attached hydrogens (tertiary/aromatic N) is 2. The predicted molar refractivity (Wildman–Crippen MR) is 93.8 cm³/mol. The fourth-order valence-corrected chi connectivity index (χ4v) is 5.22. The number of allylic oxidation sites excluding steroid dienone is 2. The summed E-state index contributed by atoms with van der Waals surface area (Å²) in [5, 5.41) is 0.909. The first-order chi connectivity index (χ1) is 12.6. The molecule has 0 aromatic heterocycles. The molecule has 6 nitrogen and oxygen atoms in total. The summed E-state index contributed by atoms with van der Waals surface area (Å²) in [7, 11) is 0. The Kier molecular flexibility index (Phi) is 3.24. The van der Waals surface area contributed by atoms with Gasteiger partial charge in [-0.2, -0.15) is 10.0 Å². The molecule has 2 saturated heterocycles. The maximum absolute atomic E-state index is 12.8. The molecule has 2 heterocycles. The summed E-state index contributed by atoms with van der Waals surface area (Å²) in [6.07, 6.45) is 6.35. The van der Waals surface area contributed by atoms with Gasteiger partial charge in [-0.3, -0.25) is 19.2 Å². The second kappa shape index (κ2) is 5.41. The van der Waals surface area contributed by atoms with Crippen LogP contribution in [0.15, 0.2) is 47.4 Å². The van der Waals surface area contributed by atoms with Crippen molar-refractivity contribution in [3.8, 4) is 0 Å². The van der Waals surface area contributed by atoms with Crippen molar-refractivity contribution in [2.75, 3.05) is 0 Å². The molecule has 2 aliphatic carbocycles. The Hall–Kier alpha value is -2.67. The summed E-state index contributed by atoms with van der Waals surface area (Å²) in [4.78, 5) is 51.0. The van der Waals surface area contributed by atoms with Crippen LogP contribution in [-0.2, 0) is 14.4 Å². The Morgan fingerprint density at radius 3 is 2.12 bits per heavy atom. The molecule has 2 bridgehead atoms. The number of benzene rings is 1. The number of fused-ring (bicyclic) bond motifs is 5. The average molecular weight is 366 g/mol. The molecule has 0 radical (unpaired) electrons. The van der Waals surface area contributed by atoms with E-state index in [0.717, 1.165) is 33.8 Å². The van der Waals surface area contributed by atoms with Gasteiger partial charge < -0.3 is 0 Å². The summed E-state index contributed by atoms with van der Waals surface area (Å²) < 4.78 is 0. The van der Waals surface area contributed by atoms with Crippen LogP contribution in [0, 0.1) is 23.7 Å². The number of amides is 4. The highest BCUT2D eigenvalue weighted by molar-refractivity contribution is 8.18. The molecule has 0 spiro atoms. The van der Waals surface area contributed by atoms with Crippen LogP contribution in [0.1, 0.15) is 12.0 Å². The number of hydrogen-bond acceptors (Lipinski definition) is 5. The third-order valence-corrected chi connectivity index (χ3v) is 6.38. The SMILES string of the molecule is O=C1S/C(=C/c2ccccc2)C(=O)N1N1C(=O)C2C3C=CC(C3)C2C1=O. The van der Waals surface area contributed by atoms with E-state index >= 15 is 0 Å². The normalized spacial score (nSPS) is 33.9. The highest BCUT2D eigenvalue weighted by Gasteiger charge is 2.62. The van der Waals surface area contributed by atoms with Gasteiger partial charge in [-0.15, -0.1) is 0 Å². The minimum absolute atomic E-state index is 0.0336. The Balaban J connectivity index is 1.47. The average Bonchev–Trinajstić information content (AvgIpc) is 3.36. The summed E-state index contributed by atoms with van der Waals surface area (Å²) in [5.41, 5.74) is 0.774. The van der Waals surface area contributed by atoms with E-state index in [9.17, 15) is 19.2 Å². The molecule has 0 N–H and O–H groups in total. The van der Waals surface area contributed by atoms with Gasteiger partial charge in [-0.25, -0.2) is 0 Å². The molecule has 26 heavy (non-hydrogen) atoms. The van der Waals surface area contributed by atoms with E-state index in [2.05, 4.69) is 0 Å². The lowest BCUT2D eigenvalue weighted by Gasteiger charge is -2.24. The van der Waals surface area contributed by atoms with Crippen molar-refractivity contribution >= 4 is 40.8 Å². The van der Waals surface area contributed by atoms with E-state index in [1.165, 1.54) is 0 Å². The van der Waals surface area contributed by atoms with Gasteiger partial charge in [0.2, 0.25) is 0 Å². The second-order valence-corrected chi connectivity index (χ2v) is 7.89. The van der Waals surface area contributed by atoms with Crippen molar-refractivity contribution in [1.82, 2.24) is 10.0 Å². The zero-order valence-corrected chi connectivity index (χ0v) is 14.4. The van der Waals surface area contributed by atoms with Crippen LogP contribution < -0.4 is 0 Å².